The molecule has 150 valence electrons. The first-order chi connectivity index (χ1) is 13.3. The Bertz CT molecular complexity index is 800. The van der Waals surface area contributed by atoms with Crippen LogP contribution >= 0.6 is 0 Å². The molecule has 3 rings (SSSR count). The number of carbonyl (C=O) groups is 1. The van der Waals surface area contributed by atoms with Gasteiger partial charge in [-0.05, 0) is 35.9 Å². The summed E-state index contributed by atoms with van der Waals surface area (Å²) in [5, 5.41) is 2.72. The lowest BCUT2D eigenvalue weighted by atomic mass is 10.1. The molecule has 0 saturated carbocycles. The van der Waals surface area contributed by atoms with Crippen molar-refractivity contribution in [3.8, 4) is 0 Å². The minimum absolute atomic E-state index is 0.182. The van der Waals surface area contributed by atoms with Crippen molar-refractivity contribution < 1.29 is 22.4 Å². The van der Waals surface area contributed by atoms with Crippen molar-refractivity contribution in [3.05, 3.63) is 65.5 Å². The summed E-state index contributed by atoms with van der Waals surface area (Å²) in [4.78, 5) is 16.2. The smallest absolute Gasteiger partial charge is 0.325 e. The molecule has 0 unspecified atom stereocenters. The third-order valence-corrected chi connectivity index (χ3v) is 4.62. The zero-order valence-electron chi connectivity index (χ0n) is 15.2. The standard InChI is InChI=1S/C20H21F4N3O/c21-17-4-6-18(7-5-17)25-19(28)14-27-10-8-26(9-11-27)13-15-2-1-3-16(12-15)20(22,23)24/h1-7,12H,8-11,13-14H2,(H,25,28). The lowest BCUT2D eigenvalue weighted by molar-refractivity contribution is -0.137. The number of anilines is 1. The van der Waals surface area contributed by atoms with Crippen molar-refractivity contribution in [2.75, 3.05) is 38.0 Å². The van der Waals surface area contributed by atoms with Crippen LogP contribution in [0.4, 0.5) is 23.2 Å². The average Bonchev–Trinajstić information content (AvgIpc) is 2.65. The summed E-state index contributed by atoms with van der Waals surface area (Å²) in [6.07, 6.45) is -4.34. The third-order valence-electron chi connectivity index (χ3n) is 4.62. The Balaban J connectivity index is 1.45. The highest BCUT2D eigenvalue weighted by molar-refractivity contribution is 5.92. The molecule has 1 saturated heterocycles. The quantitative estimate of drug-likeness (QED) is 0.786. The molecule has 2 aromatic rings. The van der Waals surface area contributed by atoms with Gasteiger partial charge in [0.1, 0.15) is 5.82 Å². The number of benzene rings is 2. The van der Waals surface area contributed by atoms with Crippen LogP contribution in [0.15, 0.2) is 48.5 Å². The summed E-state index contributed by atoms with van der Waals surface area (Å²) in [7, 11) is 0. The van der Waals surface area contributed by atoms with Crippen LogP contribution in [0, 0.1) is 5.82 Å². The minimum Gasteiger partial charge on any atom is -0.325 e. The molecule has 0 atom stereocenters. The summed E-state index contributed by atoms with van der Waals surface area (Å²) in [6, 6.07) is 10.9. The maximum absolute atomic E-state index is 12.9. The zero-order valence-corrected chi connectivity index (χ0v) is 15.2. The molecule has 2 aromatic carbocycles. The third kappa shape index (κ3) is 5.77. The van der Waals surface area contributed by atoms with Crippen molar-refractivity contribution in [1.82, 2.24) is 9.80 Å². The molecule has 0 bridgehead atoms. The number of rotatable bonds is 5. The Labute approximate surface area is 160 Å². The van der Waals surface area contributed by atoms with Gasteiger partial charge >= 0.3 is 6.18 Å². The molecular weight excluding hydrogens is 374 g/mol. The monoisotopic (exact) mass is 395 g/mol. The summed E-state index contributed by atoms with van der Waals surface area (Å²) < 4.78 is 51.3. The van der Waals surface area contributed by atoms with Crippen molar-refractivity contribution in [2.24, 2.45) is 0 Å². The van der Waals surface area contributed by atoms with E-state index in [4.69, 9.17) is 0 Å². The van der Waals surface area contributed by atoms with Crippen LogP contribution in [0.1, 0.15) is 11.1 Å². The molecule has 0 radical (unpaired) electrons. The molecule has 1 aliphatic heterocycles. The molecule has 28 heavy (non-hydrogen) atoms. The summed E-state index contributed by atoms with van der Waals surface area (Å²) in [5.41, 5.74) is 0.521. The van der Waals surface area contributed by atoms with E-state index in [0.29, 0.717) is 44.0 Å². The fourth-order valence-corrected chi connectivity index (χ4v) is 3.15. The minimum atomic E-state index is -4.34. The Hall–Kier alpha value is -2.45. The number of piperazine rings is 1. The number of hydrogen-bond donors (Lipinski definition) is 1. The Morgan fingerprint density at radius 2 is 1.61 bits per heavy atom. The maximum Gasteiger partial charge on any atom is 0.416 e. The van der Waals surface area contributed by atoms with Crippen LogP contribution in [-0.2, 0) is 17.5 Å². The number of nitrogens with zero attached hydrogens (tertiary/aromatic N) is 2. The van der Waals surface area contributed by atoms with Gasteiger partial charge < -0.3 is 5.32 Å². The second kappa shape index (κ2) is 8.70. The molecule has 4 nitrogen and oxygen atoms in total. The SMILES string of the molecule is O=C(CN1CCN(Cc2cccc(C(F)(F)F)c2)CC1)Nc1ccc(F)cc1. The highest BCUT2D eigenvalue weighted by Crippen LogP contribution is 2.29. The fourth-order valence-electron chi connectivity index (χ4n) is 3.15. The summed E-state index contributed by atoms with van der Waals surface area (Å²) in [5.74, 6) is -0.548. The van der Waals surface area contributed by atoms with Gasteiger partial charge in [-0.1, -0.05) is 18.2 Å². The van der Waals surface area contributed by atoms with Gasteiger partial charge in [0, 0.05) is 38.4 Å². The molecule has 1 N–H and O–H groups in total. The molecule has 0 aromatic heterocycles. The van der Waals surface area contributed by atoms with E-state index in [1.54, 1.807) is 6.07 Å². The number of carbonyl (C=O) groups excluding carboxylic acids is 1. The Kier molecular flexibility index (Phi) is 6.31. The average molecular weight is 395 g/mol. The lowest BCUT2D eigenvalue weighted by Gasteiger charge is -2.34. The van der Waals surface area contributed by atoms with E-state index in [9.17, 15) is 22.4 Å². The molecule has 0 aliphatic carbocycles. The van der Waals surface area contributed by atoms with Crippen molar-refractivity contribution in [2.45, 2.75) is 12.7 Å². The number of amides is 1. The van der Waals surface area contributed by atoms with Crippen molar-refractivity contribution in [3.63, 3.8) is 0 Å². The maximum atomic E-state index is 12.9. The molecule has 1 aliphatic rings. The largest absolute Gasteiger partial charge is 0.416 e. The Morgan fingerprint density at radius 3 is 2.25 bits per heavy atom. The van der Waals surface area contributed by atoms with E-state index >= 15 is 0 Å². The first-order valence-electron chi connectivity index (χ1n) is 8.96. The summed E-state index contributed by atoms with van der Waals surface area (Å²) >= 11 is 0. The van der Waals surface area contributed by atoms with E-state index < -0.39 is 11.7 Å². The van der Waals surface area contributed by atoms with Gasteiger partial charge in [-0.15, -0.1) is 0 Å². The van der Waals surface area contributed by atoms with Gasteiger partial charge in [0.15, 0.2) is 0 Å². The van der Waals surface area contributed by atoms with Crippen LogP contribution in [0.5, 0.6) is 0 Å². The second-order valence-electron chi connectivity index (χ2n) is 6.81. The van der Waals surface area contributed by atoms with E-state index in [-0.39, 0.29) is 18.3 Å². The van der Waals surface area contributed by atoms with Crippen LogP contribution in [0.2, 0.25) is 0 Å². The second-order valence-corrected chi connectivity index (χ2v) is 6.81. The lowest BCUT2D eigenvalue weighted by Crippen LogP contribution is -2.48. The van der Waals surface area contributed by atoms with E-state index in [1.165, 1.54) is 36.4 Å². The number of alkyl halides is 3. The van der Waals surface area contributed by atoms with E-state index in [0.717, 1.165) is 6.07 Å². The van der Waals surface area contributed by atoms with Crippen molar-refractivity contribution >= 4 is 11.6 Å². The number of halogens is 4. The molecule has 1 heterocycles. The summed E-state index contributed by atoms with van der Waals surface area (Å²) in [6.45, 7) is 3.29. The number of nitrogens with one attached hydrogen (secondary N) is 1. The van der Waals surface area contributed by atoms with Crippen LogP contribution in [0.3, 0.4) is 0 Å². The fraction of sp³-hybridized carbons (Fsp3) is 0.350. The Morgan fingerprint density at radius 1 is 0.964 bits per heavy atom. The van der Waals surface area contributed by atoms with Gasteiger partial charge in [0.2, 0.25) is 5.91 Å². The van der Waals surface area contributed by atoms with Gasteiger partial charge in [-0.2, -0.15) is 13.2 Å². The normalized spacial score (nSPS) is 16.1. The van der Waals surface area contributed by atoms with Crippen molar-refractivity contribution in [1.29, 1.82) is 0 Å². The van der Waals surface area contributed by atoms with Crippen LogP contribution < -0.4 is 5.32 Å². The molecule has 1 amide bonds. The van der Waals surface area contributed by atoms with Gasteiger partial charge in [-0.3, -0.25) is 14.6 Å². The zero-order chi connectivity index (χ0) is 20.1. The highest BCUT2D eigenvalue weighted by Gasteiger charge is 2.30. The molecule has 1 fully saturated rings. The predicted octanol–water partition coefficient (Wildman–Crippen LogP) is 3.60. The van der Waals surface area contributed by atoms with Gasteiger partial charge in [0.25, 0.3) is 0 Å². The predicted molar refractivity (Wildman–Crippen MR) is 98.2 cm³/mol. The molecule has 8 heteroatoms. The highest BCUT2D eigenvalue weighted by atomic mass is 19.4. The van der Waals surface area contributed by atoms with Gasteiger partial charge in [0.05, 0.1) is 12.1 Å². The number of hydrogen-bond acceptors (Lipinski definition) is 3. The van der Waals surface area contributed by atoms with Crippen LogP contribution in [0.25, 0.3) is 0 Å². The van der Waals surface area contributed by atoms with E-state index in [1.807, 2.05) is 4.90 Å². The first-order valence-corrected chi connectivity index (χ1v) is 8.96. The van der Waals surface area contributed by atoms with Crippen LogP contribution in [-0.4, -0.2) is 48.4 Å². The van der Waals surface area contributed by atoms with Gasteiger partial charge in [-0.25, -0.2) is 4.39 Å². The van der Waals surface area contributed by atoms with E-state index in [2.05, 4.69) is 10.2 Å². The topological polar surface area (TPSA) is 35.6 Å². The first kappa shape index (κ1) is 20.3. The molecular formula is C20H21F4N3O. The molecule has 0 spiro atoms.